The Kier molecular flexibility index (Phi) is 3.00. The summed E-state index contributed by atoms with van der Waals surface area (Å²) in [6.07, 6.45) is 3.78. The number of para-hydroxylation sites is 1. The van der Waals surface area contributed by atoms with Crippen LogP contribution in [0.2, 0.25) is 5.02 Å². The number of aryl methyl sites for hydroxylation is 1. The zero-order chi connectivity index (χ0) is 12.5. The fraction of sp³-hybridized carbons (Fsp3) is 0.357. The van der Waals surface area contributed by atoms with Crippen LogP contribution in [0.1, 0.15) is 30.6 Å². The third-order valence-electron chi connectivity index (χ3n) is 3.37. The van der Waals surface area contributed by atoms with Crippen molar-refractivity contribution in [1.82, 2.24) is 9.78 Å². The summed E-state index contributed by atoms with van der Waals surface area (Å²) >= 11 is 6.28. The lowest BCUT2D eigenvalue weighted by atomic mass is 10.1. The molecule has 0 fully saturated rings. The van der Waals surface area contributed by atoms with Crippen LogP contribution in [-0.4, -0.2) is 9.78 Å². The van der Waals surface area contributed by atoms with E-state index in [2.05, 4.69) is 41.6 Å². The minimum Gasteiger partial charge on any atom is -0.376 e. The highest BCUT2D eigenvalue weighted by molar-refractivity contribution is 6.31. The largest absolute Gasteiger partial charge is 0.376 e. The molecule has 0 aliphatic carbocycles. The van der Waals surface area contributed by atoms with E-state index in [0.29, 0.717) is 0 Å². The van der Waals surface area contributed by atoms with Crippen molar-refractivity contribution in [3.63, 3.8) is 0 Å². The summed E-state index contributed by atoms with van der Waals surface area (Å²) in [6.45, 7) is 3.06. The summed E-state index contributed by atoms with van der Waals surface area (Å²) < 4.78 is 2.02. The van der Waals surface area contributed by atoms with E-state index in [0.717, 1.165) is 30.1 Å². The number of halogens is 1. The van der Waals surface area contributed by atoms with Crippen molar-refractivity contribution >= 4 is 17.3 Å². The number of fused-ring (bicyclic) bond motifs is 1. The lowest BCUT2D eigenvalue weighted by molar-refractivity contribution is 0.555. The minimum atomic E-state index is 0.240. The van der Waals surface area contributed by atoms with Crippen LogP contribution in [0.4, 0.5) is 5.69 Å². The molecule has 18 heavy (non-hydrogen) atoms. The maximum atomic E-state index is 6.28. The third-order valence-corrected chi connectivity index (χ3v) is 3.66. The monoisotopic (exact) mass is 261 g/mol. The highest BCUT2D eigenvalue weighted by Crippen LogP contribution is 2.36. The van der Waals surface area contributed by atoms with Crippen molar-refractivity contribution < 1.29 is 0 Å². The third kappa shape index (κ3) is 1.89. The van der Waals surface area contributed by atoms with E-state index < -0.39 is 0 Å². The lowest BCUT2D eigenvalue weighted by Crippen LogP contribution is -2.14. The number of hydrogen-bond donors (Lipinski definition) is 1. The normalized spacial score (nSPS) is 17.6. The molecule has 1 aromatic heterocycles. The smallest absolute Gasteiger partial charge is 0.0839 e. The van der Waals surface area contributed by atoms with Crippen LogP contribution in [0, 0.1) is 0 Å². The van der Waals surface area contributed by atoms with Crippen molar-refractivity contribution in [2.45, 2.75) is 32.4 Å². The number of hydrogen-bond acceptors (Lipinski definition) is 2. The van der Waals surface area contributed by atoms with Crippen molar-refractivity contribution in [1.29, 1.82) is 0 Å². The van der Waals surface area contributed by atoms with Gasteiger partial charge in [-0.15, -0.1) is 0 Å². The average molecular weight is 262 g/mol. The Balaban J connectivity index is 1.92. The van der Waals surface area contributed by atoms with Crippen LogP contribution >= 0.6 is 11.6 Å². The van der Waals surface area contributed by atoms with Gasteiger partial charge in [0.25, 0.3) is 0 Å². The fourth-order valence-corrected chi connectivity index (χ4v) is 2.84. The van der Waals surface area contributed by atoms with Gasteiger partial charge in [0, 0.05) is 18.7 Å². The zero-order valence-electron chi connectivity index (χ0n) is 10.4. The second kappa shape index (κ2) is 4.65. The number of nitrogens with zero attached hydrogens (tertiary/aromatic N) is 2. The molecule has 1 aliphatic heterocycles. The number of nitrogens with one attached hydrogen (secondary N) is 1. The van der Waals surface area contributed by atoms with Crippen molar-refractivity contribution in [3.8, 4) is 0 Å². The molecule has 1 atom stereocenters. The summed E-state index contributed by atoms with van der Waals surface area (Å²) in [7, 11) is 0. The van der Waals surface area contributed by atoms with E-state index in [1.165, 1.54) is 11.3 Å². The second-order valence-corrected chi connectivity index (χ2v) is 5.07. The number of benzene rings is 1. The highest BCUT2D eigenvalue weighted by atomic mass is 35.5. The first-order valence-electron chi connectivity index (χ1n) is 6.35. The molecule has 0 amide bonds. The van der Waals surface area contributed by atoms with Crippen LogP contribution in [0.5, 0.6) is 0 Å². The average Bonchev–Trinajstić information content (AvgIpc) is 2.93. The Bertz CT molecular complexity index is 537. The molecule has 1 unspecified atom stereocenters. The van der Waals surface area contributed by atoms with Gasteiger partial charge in [-0.05, 0) is 18.1 Å². The van der Waals surface area contributed by atoms with E-state index in [1.54, 1.807) is 6.20 Å². The topological polar surface area (TPSA) is 29.9 Å². The highest BCUT2D eigenvalue weighted by Gasteiger charge is 2.26. The molecule has 3 nitrogen and oxygen atoms in total. The van der Waals surface area contributed by atoms with Crippen molar-refractivity contribution in [2.75, 3.05) is 5.32 Å². The molecular formula is C14H16ClN3. The van der Waals surface area contributed by atoms with Gasteiger partial charge in [-0.1, -0.05) is 36.7 Å². The molecule has 1 N–H and O–H groups in total. The summed E-state index contributed by atoms with van der Waals surface area (Å²) in [5.74, 6) is 0. The summed E-state index contributed by atoms with van der Waals surface area (Å²) in [5, 5.41) is 8.65. The van der Waals surface area contributed by atoms with Gasteiger partial charge in [0.15, 0.2) is 0 Å². The maximum absolute atomic E-state index is 6.28. The number of anilines is 1. The van der Waals surface area contributed by atoms with Gasteiger partial charge < -0.3 is 5.32 Å². The molecule has 1 aliphatic rings. The molecule has 0 bridgehead atoms. The van der Waals surface area contributed by atoms with Crippen LogP contribution < -0.4 is 5.32 Å². The van der Waals surface area contributed by atoms with E-state index in [4.69, 9.17) is 11.6 Å². The Labute approximate surface area is 112 Å². The molecule has 0 saturated carbocycles. The van der Waals surface area contributed by atoms with E-state index in [-0.39, 0.29) is 6.04 Å². The first-order chi connectivity index (χ1) is 8.79. The molecule has 0 radical (unpaired) electrons. The molecule has 0 saturated heterocycles. The van der Waals surface area contributed by atoms with Crippen LogP contribution in [-0.2, 0) is 13.0 Å². The zero-order valence-corrected chi connectivity index (χ0v) is 11.1. The summed E-state index contributed by atoms with van der Waals surface area (Å²) in [6, 6.07) is 8.65. The summed E-state index contributed by atoms with van der Waals surface area (Å²) in [5.41, 5.74) is 3.67. The second-order valence-electron chi connectivity index (χ2n) is 4.66. The van der Waals surface area contributed by atoms with E-state index in [1.807, 2.05) is 4.68 Å². The van der Waals surface area contributed by atoms with Gasteiger partial charge in [0.05, 0.1) is 23.0 Å². The lowest BCUT2D eigenvalue weighted by Gasteiger charge is -2.14. The van der Waals surface area contributed by atoms with Crippen molar-refractivity contribution in [2.24, 2.45) is 0 Å². The van der Waals surface area contributed by atoms with Gasteiger partial charge in [-0.2, -0.15) is 5.10 Å². The molecular weight excluding hydrogens is 246 g/mol. The van der Waals surface area contributed by atoms with E-state index >= 15 is 0 Å². The van der Waals surface area contributed by atoms with Crippen LogP contribution in [0.25, 0.3) is 0 Å². The molecule has 3 rings (SSSR count). The van der Waals surface area contributed by atoms with Gasteiger partial charge in [-0.3, -0.25) is 4.68 Å². The molecule has 4 heteroatoms. The first-order valence-corrected chi connectivity index (χ1v) is 6.73. The van der Waals surface area contributed by atoms with Gasteiger partial charge in [0.1, 0.15) is 0 Å². The first kappa shape index (κ1) is 11.6. The number of rotatable bonds is 3. The quantitative estimate of drug-likeness (QED) is 0.914. The molecule has 0 spiro atoms. The molecule has 1 aromatic carbocycles. The van der Waals surface area contributed by atoms with E-state index in [9.17, 15) is 0 Å². The maximum Gasteiger partial charge on any atom is 0.0839 e. The molecule has 2 aromatic rings. The van der Waals surface area contributed by atoms with Gasteiger partial charge in [0.2, 0.25) is 0 Å². The Morgan fingerprint density at radius 1 is 1.44 bits per heavy atom. The summed E-state index contributed by atoms with van der Waals surface area (Å²) in [4.78, 5) is 0. The SMILES string of the molecule is CCCn1ncc(Cl)c1C1Cc2ccccc2N1. The predicted molar refractivity (Wildman–Crippen MR) is 74.0 cm³/mol. The van der Waals surface area contributed by atoms with Gasteiger partial charge in [-0.25, -0.2) is 0 Å². The Morgan fingerprint density at radius 3 is 3.06 bits per heavy atom. The van der Waals surface area contributed by atoms with Crippen LogP contribution in [0.15, 0.2) is 30.5 Å². The standard InChI is InChI=1S/C14H16ClN3/c1-2-7-18-14(11(15)9-16-18)13-8-10-5-3-4-6-12(10)17-13/h3-6,9,13,17H,2,7-8H2,1H3. The Morgan fingerprint density at radius 2 is 2.28 bits per heavy atom. The van der Waals surface area contributed by atoms with Crippen molar-refractivity contribution in [3.05, 3.63) is 46.7 Å². The fourth-order valence-electron chi connectivity index (χ4n) is 2.57. The Hall–Kier alpha value is -1.48. The predicted octanol–water partition coefficient (Wildman–Crippen LogP) is 3.66. The van der Waals surface area contributed by atoms with Gasteiger partial charge >= 0.3 is 0 Å². The minimum absolute atomic E-state index is 0.240. The number of aromatic nitrogens is 2. The molecule has 2 heterocycles. The van der Waals surface area contributed by atoms with Crippen LogP contribution in [0.3, 0.4) is 0 Å². The molecule has 94 valence electrons.